The van der Waals surface area contributed by atoms with Crippen molar-refractivity contribution in [3.63, 3.8) is 0 Å². The Balaban J connectivity index is 2.61. The number of aryl methyl sites for hydroxylation is 1. The lowest BCUT2D eigenvalue weighted by molar-refractivity contribution is -0.114. The van der Waals surface area contributed by atoms with Crippen LogP contribution in [0.15, 0.2) is 18.7 Å². The van der Waals surface area contributed by atoms with Gasteiger partial charge in [-0.15, -0.1) is 0 Å². The number of aliphatic hydroxyl groups excluding tert-OH is 1. The summed E-state index contributed by atoms with van der Waals surface area (Å²) in [7, 11) is 0. The fourth-order valence-corrected chi connectivity index (χ4v) is 4.00. The van der Waals surface area contributed by atoms with E-state index in [9.17, 15) is 15.3 Å². The van der Waals surface area contributed by atoms with E-state index in [0.717, 1.165) is 27.5 Å². The van der Waals surface area contributed by atoms with Gasteiger partial charge in [-0.2, -0.15) is 0 Å². The molecule has 2 aromatic carbocycles. The van der Waals surface area contributed by atoms with Crippen LogP contribution < -0.4 is 0 Å². The summed E-state index contributed by atoms with van der Waals surface area (Å²) in [6, 6.07) is 4.04. The molecule has 1 aliphatic carbocycles. The van der Waals surface area contributed by atoms with Crippen molar-refractivity contribution in [1.29, 1.82) is 0 Å². The summed E-state index contributed by atoms with van der Waals surface area (Å²) in [5.41, 5.74) is 2.61. The van der Waals surface area contributed by atoms with E-state index in [1.165, 1.54) is 0 Å². The molecule has 2 aromatic rings. The maximum Gasteiger partial charge on any atom is 0.125 e. The van der Waals surface area contributed by atoms with Crippen molar-refractivity contribution in [3.8, 4) is 5.75 Å². The highest BCUT2D eigenvalue weighted by Gasteiger charge is 2.47. The lowest BCUT2D eigenvalue weighted by Crippen LogP contribution is -2.48. The minimum Gasteiger partial charge on any atom is -0.507 e. The van der Waals surface area contributed by atoms with Crippen molar-refractivity contribution in [2.45, 2.75) is 45.8 Å². The largest absolute Gasteiger partial charge is 0.507 e. The Morgan fingerprint density at radius 3 is 2.52 bits per heavy atom. The van der Waals surface area contributed by atoms with Gasteiger partial charge in [-0.05, 0) is 52.8 Å². The standard InChI is InChI=1S/C20H24O3/c1-6-13-12(5)19(22)18-17-14(13)8-7-11(4)15(17)9-16(21)20(18,23)10(2)3/h6-8,10,16,21-23H,1,9H2,2-5H3/t16-,20-/m0/s1. The molecule has 3 N–H and O–H groups in total. The summed E-state index contributed by atoms with van der Waals surface area (Å²) >= 11 is 0. The number of benzene rings is 2. The SMILES string of the molecule is C=Cc1c(C)c(O)c2c3c(c(C)ccc13)C[C@H](O)[C@@]2(O)C(C)C. The molecular weight excluding hydrogens is 288 g/mol. The Bertz CT molecular complexity index is 820. The van der Waals surface area contributed by atoms with E-state index < -0.39 is 11.7 Å². The van der Waals surface area contributed by atoms with Crippen LogP contribution in [0.2, 0.25) is 0 Å². The topological polar surface area (TPSA) is 60.7 Å². The average molecular weight is 312 g/mol. The summed E-state index contributed by atoms with van der Waals surface area (Å²) < 4.78 is 0. The minimum atomic E-state index is -1.46. The third kappa shape index (κ3) is 1.90. The van der Waals surface area contributed by atoms with E-state index in [1.807, 2.05) is 39.8 Å². The third-order valence-corrected chi connectivity index (χ3v) is 5.47. The third-order valence-electron chi connectivity index (χ3n) is 5.47. The minimum absolute atomic E-state index is 0.0641. The van der Waals surface area contributed by atoms with Crippen LogP contribution in [0.3, 0.4) is 0 Å². The van der Waals surface area contributed by atoms with Gasteiger partial charge in [0, 0.05) is 12.0 Å². The Hall–Kier alpha value is -1.84. The normalized spacial score (nSPS) is 23.5. The van der Waals surface area contributed by atoms with Crippen LogP contribution in [0.25, 0.3) is 16.8 Å². The zero-order valence-electron chi connectivity index (χ0n) is 14.1. The summed E-state index contributed by atoms with van der Waals surface area (Å²) in [6.07, 6.45) is 1.18. The molecule has 0 amide bonds. The van der Waals surface area contributed by atoms with E-state index in [-0.39, 0.29) is 11.7 Å². The second kappa shape index (κ2) is 5.08. The zero-order valence-corrected chi connectivity index (χ0v) is 14.1. The second-order valence-electron chi connectivity index (χ2n) is 6.95. The highest BCUT2D eigenvalue weighted by Crippen LogP contribution is 2.50. The molecule has 0 unspecified atom stereocenters. The summed E-state index contributed by atoms with van der Waals surface area (Å²) in [5, 5.41) is 34.7. The number of aromatic hydroxyl groups is 1. The van der Waals surface area contributed by atoms with Crippen molar-refractivity contribution < 1.29 is 15.3 Å². The van der Waals surface area contributed by atoms with E-state index in [0.29, 0.717) is 17.5 Å². The maximum atomic E-state index is 11.3. The molecule has 2 atom stereocenters. The van der Waals surface area contributed by atoms with Gasteiger partial charge in [0.15, 0.2) is 0 Å². The zero-order chi connectivity index (χ0) is 17.1. The molecule has 1 aliphatic rings. The fraction of sp³-hybridized carbons (Fsp3) is 0.400. The molecule has 0 saturated heterocycles. The fourth-order valence-electron chi connectivity index (χ4n) is 4.00. The van der Waals surface area contributed by atoms with Gasteiger partial charge in [-0.3, -0.25) is 0 Å². The van der Waals surface area contributed by atoms with Gasteiger partial charge in [0.05, 0.1) is 6.10 Å². The first-order chi connectivity index (χ1) is 10.7. The van der Waals surface area contributed by atoms with Crippen LogP contribution in [-0.2, 0) is 12.0 Å². The van der Waals surface area contributed by atoms with Crippen LogP contribution >= 0.6 is 0 Å². The first kappa shape index (κ1) is 16.0. The smallest absolute Gasteiger partial charge is 0.125 e. The quantitative estimate of drug-likeness (QED) is 0.794. The Kier molecular flexibility index (Phi) is 3.54. The van der Waals surface area contributed by atoms with Crippen LogP contribution in [0.1, 0.15) is 41.7 Å². The number of hydrogen-bond acceptors (Lipinski definition) is 3. The highest BCUT2D eigenvalue weighted by atomic mass is 16.3. The molecule has 0 bridgehead atoms. The monoisotopic (exact) mass is 312 g/mol. The Morgan fingerprint density at radius 1 is 1.30 bits per heavy atom. The van der Waals surface area contributed by atoms with E-state index >= 15 is 0 Å². The molecule has 0 spiro atoms. The second-order valence-corrected chi connectivity index (χ2v) is 6.95. The molecule has 3 heteroatoms. The molecule has 0 fully saturated rings. The van der Waals surface area contributed by atoms with Crippen molar-refractivity contribution in [1.82, 2.24) is 0 Å². The van der Waals surface area contributed by atoms with Gasteiger partial charge in [-0.1, -0.05) is 38.6 Å². The molecule has 3 nitrogen and oxygen atoms in total. The lowest BCUT2D eigenvalue weighted by Gasteiger charge is -2.43. The molecule has 122 valence electrons. The average Bonchev–Trinajstić information content (AvgIpc) is 2.50. The molecule has 0 aliphatic heterocycles. The number of aliphatic hydroxyl groups is 2. The number of phenolic OH excluding ortho intramolecular Hbond substituents is 1. The van der Waals surface area contributed by atoms with Gasteiger partial charge in [0.25, 0.3) is 0 Å². The Morgan fingerprint density at radius 2 is 1.96 bits per heavy atom. The van der Waals surface area contributed by atoms with Crippen LogP contribution in [0, 0.1) is 19.8 Å². The molecule has 0 aromatic heterocycles. The molecule has 0 heterocycles. The van der Waals surface area contributed by atoms with Crippen molar-refractivity contribution in [2.24, 2.45) is 5.92 Å². The number of hydrogen-bond donors (Lipinski definition) is 3. The van der Waals surface area contributed by atoms with Gasteiger partial charge in [0.1, 0.15) is 11.4 Å². The van der Waals surface area contributed by atoms with Gasteiger partial charge in [-0.25, -0.2) is 0 Å². The van der Waals surface area contributed by atoms with Crippen molar-refractivity contribution in [3.05, 3.63) is 46.5 Å². The van der Waals surface area contributed by atoms with Crippen LogP contribution in [0.5, 0.6) is 5.75 Å². The van der Waals surface area contributed by atoms with Gasteiger partial charge < -0.3 is 15.3 Å². The van der Waals surface area contributed by atoms with E-state index in [2.05, 4.69) is 6.58 Å². The predicted octanol–water partition coefficient (Wildman–Crippen LogP) is 3.57. The van der Waals surface area contributed by atoms with Gasteiger partial charge >= 0.3 is 0 Å². The molecule has 23 heavy (non-hydrogen) atoms. The lowest BCUT2D eigenvalue weighted by atomic mass is 9.68. The first-order valence-electron chi connectivity index (χ1n) is 8.06. The Labute approximate surface area is 136 Å². The van der Waals surface area contributed by atoms with Gasteiger partial charge in [0.2, 0.25) is 0 Å². The van der Waals surface area contributed by atoms with E-state index in [1.54, 1.807) is 6.08 Å². The first-order valence-corrected chi connectivity index (χ1v) is 8.06. The van der Waals surface area contributed by atoms with Crippen molar-refractivity contribution in [2.75, 3.05) is 0 Å². The van der Waals surface area contributed by atoms with Crippen molar-refractivity contribution >= 4 is 16.8 Å². The molecule has 0 radical (unpaired) electrons. The summed E-state index contributed by atoms with van der Waals surface area (Å²) in [5.74, 6) is -0.163. The molecule has 0 saturated carbocycles. The highest BCUT2D eigenvalue weighted by molar-refractivity contribution is 6.00. The number of rotatable bonds is 2. The summed E-state index contributed by atoms with van der Waals surface area (Å²) in [6.45, 7) is 11.4. The van der Waals surface area contributed by atoms with Crippen LogP contribution in [-0.4, -0.2) is 21.4 Å². The summed E-state index contributed by atoms with van der Waals surface area (Å²) in [4.78, 5) is 0. The predicted molar refractivity (Wildman–Crippen MR) is 93.6 cm³/mol. The molecular formula is C20H24O3. The van der Waals surface area contributed by atoms with Crippen LogP contribution in [0.4, 0.5) is 0 Å². The maximum absolute atomic E-state index is 11.3. The molecule has 3 rings (SSSR count). The van der Waals surface area contributed by atoms with E-state index in [4.69, 9.17) is 0 Å². The number of phenols is 1.